The van der Waals surface area contributed by atoms with Crippen molar-refractivity contribution in [3.8, 4) is 5.75 Å². The zero-order valence-electron chi connectivity index (χ0n) is 18.1. The number of nitrogens with zero attached hydrogens (tertiary/aromatic N) is 3. The quantitative estimate of drug-likeness (QED) is 0.351. The summed E-state index contributed by atoms with van der Waals surface area (Å²) in [6.07, 6.45) is -4.89. The number of pyridine rings is 1. The fraction of sp³-hybridized carbons (Fsp3) is 0.455. The lowest BCUT2D eigenvalue weighted by Crippen LogP contribution is -2.40. The maximum Gasteiger partial charge on any atom is 0.184 e. The highest BCUT2D eigenvalue weighted by Crippen LogP contribution is 2.26. The molecule has 1 aliphatic rings. The van der Waals surface area contributed by atoms with Crippen LogP contribution in [0.3, 0.4) is 0 Å². The Bertz CT molecular complexity index is 1100. The van der Waals surface area contributed by atoms with Gasteiger partial charge in [0.2, 0.25) is 0 Å². The van der Waals surface area contributed by atoms with Gasteiger partial charge in [0.25, 0.3) is 0 Å². The van der Waals surface area contributed by atoms with E-state index in [-0.39, 0.29) is 6.54 Å². The summed E-state index contributed by atoms with van der Waals surface area (Å²) in [6.45, 7) is 4.39. The summed E-state index contributed by atoms with van der Waals surface area (Å²) >= 11 is 0. The Balaban J connectivity index is 1.49. The number of rotatable bonds is 7. The third-order valence-electron chi connectivity index (χ3n) is 5.90. The van der Waals surface area contributed by atoms with Crippen LogP contribution in [0.5, 0.6) is 5.75 Å². The Morgan fingerprint density at radius 1 is 1.19 bits per heavy atom. The van der Waals surface area contributed by atoms with E-state index in [1.165, 1.54) is 0 Å². The van der Waals surface area contributed by atoms with E-state index in [1.54, 1.807) is 13.3 Å². The molecule has 1 aliphatic heterocycles. The molecule has 32 heavy (non-hydrogen) atoms. The van der Waals surface area contributed by atoms with Crippen molar-refractivity contribution in [2.24, 2.45) is 0 Å². The lowest BCUT2D eigenvalue weighted by molar-refractivity contribution is -0.147. The second kappa shape index (κ2) is 9.00. The van der Waals surface area contributed by atoms with E-state index in [9.17, 15) is 20.4 Å². The number of methoxy groups -OCH3 is 1. The van der Waals surface area contributed by atoms with Crippen LogP contribution in [-0.2, 0) is 17.8 Å². The highest BCUT2D eigenvalue weighted by atomic mass is 16.6. The van der Waals surface area contributed by atoms with Gasteiger partial charge in [0.05, 0.1) is 36.9 Å². The predicted octanol–water partition coefficient (Wildman–Crippen LogP) is 0.469. The minimum Gasteiger partial charge on any atom is -0.496 e. The van der Waals surface area contributed by atoms with Crippen molar-refractivity contribution in [3.05, 3.63) is 47.5 Å². The van der Waals surface area contributed by atoms with E-state index in [0.717, 1.165) is 33.7 Å². The van der Waals surface area contributed by atoms with Gasteiger partial charge in [-0.05, 0) is 38.1 Å². The number of aromatic nitrogens is 3. The Hall–Kier alpha value is -2.76. The lowest BCUT2D eigenvalue weighted by atomic mass is 10.1. The van der Waals surface area contributed by atoms with Crippen LogP contribution in [0.4, 0.5) is 5.69 Å². The van der Waals surface area contributed by atoms with Crippen LogP contribution in [-0.4, -0.2) is 72.8 Å². The van der Waals surface area contributed by atoms with Crippen LogP contribution in [0.2, 0.25) is 0 Å². The Morgan fingerprint density at radius 3 is 2.66 bits per heavy atom. The fourth-order valence-electron chi connectivity index (χ4n) is 4.03. The van der Waals surface area contributed by atoms with Crippen molar-refractivity contribution in [3.63, 3.8) is 0 Å². The van der Waals surface area contributed by atoms with Crippen molar-refractivity contribution < 1.29 is 29.9 Å². The molecule has 4 rings (SSSR count). The standard InChI is InChI=1S/C22H28N4O6/c1-11-15(23-7-6-18(11)31-3)9-24-13-4-5-16-14(8-13)25-12(2)26(16)10-17(27)21-19(28)20(29)22(30)32-21/h4-8,17,19-22,24,27-30H,9-10H2,1-3H3/t17-,19-,20+,21-,22+/m1/s1. The molecule has 0 unspecified atom stereocenters. The van der Waals surface area contributed by atoms with Crippen LogP contribution in [0, 0.1) is 13.8 Å². The zero-order chi connectivity index (χ0) is 23.0. The highest BCUT2D eigenvalue weighted by Gasteiger charge is 2.45. The number of anilines is 1. The normalized spacial score (nSPS) is 24.1. The van der Waals surface area contributed by atoms with Crippen LogP contribution in [0.15, 0.2) is 30.5 Å². The van der Waals surface area contributed by atoms with Gasteiger partial charge < -0.3 is 39.8 Å². The first-order valence-corrected chi connectivity index (χ1v) is 10.4. The average Bonchev–Trinajstić information content (AvgIpc) is 3.22. The third-order valence-corrected chi connectivity index (χ3v) is 5.90. The zero-order valence-corrected chi connectivity index (χ0v) is 18.1. The SMILES string of the molecule is COc1ccnc(CNc2ccc3c(c2)nc(C)n3C[C@@H](O)[C@H]2O[C@H](O)[C@@H](O)[C@H]2O)c1C. The second-order valence-corrected chi connectivity index (χ2v) is 7.95. The molecule has 1 saturated heterocycles. The van der Waals surface area contributed by atoms with Gasteiger partial charge >= 0.3 is 0 Å². The molecule has 3 heterocycles. The van der Waals surface area contributed by atoms with Gasteiger partial charge in [0.1, 0.15) is 36.0 Å². The van der Waals surface area contributed by atoms with Crippen molar-refractivity contribution >= 4 is 16.7 Å². The van der Waals surface area contributed by atoms with Gasteiger partial charge in [-0.1, -0.05) is 0 Å². The molecule has 0 saturated carbocycles. The Morgan fingerprint density at radius 2 is 1.97 bits per heavy atom. The minimum atomic E-state index is -1.53. The van der Waals surface area contributed by atoms with Gasteiger partial charge in [-0.25, -0.2) is 4.98 Å². The number of nitrogens with one attached hydrogen (secondary N) is 1. The number of fused-ring (bicyclic) bond motifs is 1. The predicted molar refractivity (Wildman–Crippen MR) is 116 cm³/mol. The van der Waals surface area contributed by atoms with Crippen LogP contribution in [0.25, 0.3) is 11.0 Å². The molecule has 1 fully saturated rings. The molecule has 172 valence electrons. The molecule has 0 amide bonds. The highest BCUT2D eigenvalue weighted by molar-refractivity contribution is 5.80. The third kappa shape index (κ3) is 4.15. The van der Waals surface area contributed by atoms with Gasteiger partial charge in [-0.15, -0.1) is 0 Å². The second-order valence-electron chi connectivity index (χ2n) is 7.95. The molecule has 1 aromatic carbocycles. The number of hydrogen-bond acceptors (Lipinski definition) is 9. The monoisotopic (exact) mass is 444 g/mol. The molecule has 10 nitrogen and oxygen atoms in total. The molecule has 3 aromatic rings. The maximum absolute atomic E-state index is 10.6. The topological polar surface area (TPSA) is 142 Å². The first-order valence-electron chi connectivity index (χ1n) is 10.4. The first-order chi connectivity index (χ1) is 15.3. The van der Waals surface area contributed by atoms with Crippen molar-refractivity contribution in [1.82, 2.24) is 14.5 Å². The van der Waals surface area contributed by atoms with Gasteiger partial charge in [0, 0.05) is 17.4 Å². The summed E-state index contributed by atoms with van der Waals surface area (Å²) in [5.74, 6) is 1.46. The Kier molecular flexibility index (Phi) is 6.31. The van der Waals surface area contributed by atoms with Gasteiger partial charge in [-0.2, -0.15) is 0 Å². The van der Waals surface area contributed by atoms with Crippen molar-refractivity contribution in [2.45, 2.75) is 57.6 Å². The number of aliphatic hydroxyl groups excluding tert-OH is 4. The lowest BCUT2D eigenvalue weighted by Gasteiger charge is -2.22. The van der Waals surface area contributed by atoms with Gasteiger partial charge in [-0.3, -0.25) is 4.98 Å². The number of benzene rings is 1. The molecule has 5 atom stereocenters. The van der Waals surface area contributed by atoms with E-state index in [2.05, 4.69) is 15.3 Å². The summed E-state index contributed by atoms with van der Waals surface area (Å²) < 4.78 is 12.3. The van der Waals surface area contributed by atoms with E-state index in [4.69, 9.17) is 9.47 Å². The molecule has 0 aliphatic carbocycles. The number of ether oxygens (including phenoxy) is 2. The number of aliphatic hydroxyl groups is 4. The number of hydrogen-bond donors (Lipinski definition) is 5. The molecular formula is C22H28N4O6. The smallest absolute Gasteiger partial charge is 0.184 e. The summed E-state index contributed by atoms with van der Waals surface area (Å²) in [6, 6.07) is 7.54. The van der Waals surface area contributed by atoms with Crippen molar-refractivity contribution in [2.75, 3.05) is 12.4 Å². The van der Waals surface area contributed by atoms with Crippen molar-refractivity contribution in [1.29, 1.82) is 0 Å². The van der Waals surface area contributed by atoms with E-state index >= 15 is 0 Å². The molecule has 5 N–H and O–H groups in total. The summed E-state index contributed by atoms with van der Waals surface area (Å²) in [7, 11) is 1.63. The van der Waals surface area contributed by atoms with E-state index in [1.807, 2.05) is 42.7 Å². The first kappa shape index (κ1) is 22.4. The maximum atomic E-state index is 10.6. The minimum absolute atomic E-state index is 0.0865. The van der Waals surface area contributed by atoms with Gasteiger partial charge in [0.15, 0.2) is 6.29 Å². The molecule has 0 bridgehead atoms. The molecule has 0 spiro atoms. The summed E-state index contributed by atoms with van der Waals surface area (Å²) in [5, 5.41) is 43.2. The van der Waals surface area contributed by atoms with Crippen LogP contribution < -0.4 is 10.1 Å². The molecule has 0 radical (unpaired) electrons. The van der Waals surface area contributed by atoms with E-state index in [0.29, 0.717) is 12.4 Å². The summed E-state index contributed by atoms with van der Waals surface area (Å²) in [4.78, 5) is 8.99. The Labute approximate surface area is 185 Å². The largest absolute Gasteiger partial charge is 0.496 e. The molecular weight excluding hydrogens is 416 g/mol. The van der Waals surface area contributed by atoms with E-state index < -0.39 is 30.7 Å². The average molecular weight is 444 g/mol. The summed E-state index contributed by atoms with van der Waals surface area (Å²) in [5.41, 5.74) is 4.27. The number of aryl methyl sites for hydroxylation is 1. The van der Waals surface area contributed by atoms with Crippen LogP contribution in [0.1, 0.15) is 17.1 Å². The fourth-order valence-corrected chi connectivity index (χ4v) is 4.03. The van der Waals surface area contributed by atoms with Crippen LogP contribution >= 0.6 is 0 Å². The molecule has 2 aromatic heterocycles. The number of imidazole rings is 1. The molecule has 10 heteroatoms.